The molecule has 0 spiro atoms. The van der Waals surface area contributed by atoms with Crippen molar-refractivity contribution < 1.29 is 37.1 Å². The number of carbonyl (C=O) groups excluding carboxylic acids is 5. The second kappa shape index (κ2) is 19.4. The van der Waals surface area contributed by atoms with Crippen LogP contribution in [0.15, 0.2) is 12.7 Å². The number of rotatable bonds is 11. The Labute approximate surface area is 292 Å². The molecule has 5 amide bonds. The molecule has 6 atom stereocenters. The monoisotopic (exact) mass is 712 g/mol. The van der Waals surface area contributed by atoms with Gasteiger partial charge in [0.2, 0.25) is 27.6 Å². The first-order valence-electron chi connectivity index (χ1n) is 17.6. The molecule has 14 nitrogen and oxygen atoms in total. The number of nitrogens with one attached hydrogen (secondary N) is 4. The van der Waals surface area contributed by atoms with Crippen molar-refractivity contribution >= 4 is 39.6 Å². The number of amides is 5. The van der Waals surface area contributed by atoms with Crippen molar-refractivity contribution in [3.8, 4) is 0 Å². The first-order valence-corrected chi connectivity index (χ1v) is 19.3. The average Bonchev–Trinajstić information content (AvgIpc) is 3.49. The number of likely N-dealkylation sites (N-methyl/N-ethyl adjacent to an activating group) is 1. The lowest BCUT2D eigenvalue weighted by Gasteiger charge is -2.36. The molecular formula is C34H60N6O8S. The largest absolute Gasteiger partial charge is 0.376 e. The van der Waals surface area contributed by atoms with E-state index in [2.05, 4.69) is 27.8 Å². The fourth-order valence-corrected chi connectivity index (χ4v) is 7.01. The highest BCUT2D eigenvalue weighted by Crippen LogP contribution is 2.29. The predicted molar refractivity (Wildman–Crippen MR) is 188 cm³/mol. The van der Waals surface area contributed by atoms with Crippen LogP contribution in [-0.4, -0.2) is 116 Å². The second-order valence-electron chi connectivity index (χ2n) is 14.2. The number of hydrogen-bond donors (Lipinski definition) is 4. The molecule has 0 aromatic rings. The molecular weight excluding hydrogens is 652 g/mol. The maximum atomic E-state index is 14.3. The number of fused-ring (bicyclic) bond motifs is 1. The van der Waals surface area contributed by atoms with Crippen molar-refractivity contribution in [2.24, 2.45) is 11.3 Å². The minimum atomic E-state index is -3.51. The third-order valence-electron chi connectivity index (χ3n) is 9.53. The number of ketones is 1. The summed E-state index contributed by atoms with van der Waals surface area (Å²) in [6, 6.07) is -4.42. The third-order valence-corrected chi connectivity index (χ3v) is 11.4. The zero-order chi connectivity index (χ0) is 36.9. The van der Waals surface area contributed by atoms with Crippen LogP contribution in [0.1, 0.15) is 92.9 Å². The summed E-state index contributed by atoms with van der Waals surface area (Å²) < 4.78 is 32.3. The summed E-state index contributed by atoms with van der Waals surface area (Å²) in [7, 11) is -2.05. The van der Waals surface area contributed by atoms with E-state index in [9.17, 15) is 32.4 Å². The minimum absolute atomic E-state index is 0.0236. The maximum Gasteiger partial charge on any atom is 0.315 e. The second-order valence-corrected chi connectivity index (χ2v) is 16.5. The number of ether oxygens (including phenoxy) is 1. The summed E-state index contributed by atoms with van der Waals surface area (Å²) >= 11 is 0. The summed E-state index contributed by atoms with van der Waals surface area (Å²) in [5.74, 6) is -2.87. The molecule has 4 N–H and O–H groups in total. The normalized spacial score (nSPS) is 25.6. The van der Waals surface area contributed by atoms with E-state index in [0.717, 1.165) is 25.7 Å². The Morgan fingerprint density at radius 2 is 1.76 bits per heavy atom. The number of carbonyl (C=O) groups is 5. The minimum Gasteiger partial charge on any atom is -0.376 e. The summed E-state index contributed by atoms with van der Waals surface area (Å²) in [4.78, 5) is 69.1. The Morgan fingerprint density at radius 1 is 1.10 bits per heavy atom. The Kier molecular flexibility index (Phi) is 16.7. The highest BCUT2D eigenvalue weighted by Gasteiger charge is 2.45. The summed E-state index contributed by atoms with van der Waals surface area (Å²) in [6.07, 6.45) is 5.94. The van der Waals surface area contributed by atoms with E-state index in [1.54, 1.807) is 13.8 Å². The van der Waals surface area contributed by atoms with Crippen molar-refractivity contribution in [2.45, 2.75) is 123 Å². The van der Waals surface area contributed by atoms with E-state index in [4.69, 9.17) is 4.74 Å². The first-order chi connectivity index (χ1) is 23.0. The highest BCUT2D eigenvalue weighted by molar-refractivity contribution is 7.89. The molecule has 0 radical (unpaired) electrons. The molecule has 280 valence electrons. The van der Waals surface area contributed by atoms with Gasteiger partial charge >= 0.3 is 6.03 Å². The van der Waals surface area contributed by atoms with E-state index in [1.807, 2.05) is 27.7 Å². The number of hydrogen-bond acceptors (Lipinski definition) is 8. The molecule has 0 aromatic carbocycles. The van der Waals surface area contributed by atoms with Crippen LogP contribution >= 0.6 is 0 Å². The Morgan fingerprint density at radius 3 is 2.37 bits per heavy atom. The van der Waals surface area contributed by atoms with Gasteiger partial charge in [-0.25, -0.2) is 17.5 Å². The summed E-state index contributed by atoms with van der Waals surface area (Å²) in [5.41, 5.74) is -0.537. The molecule has 49 heavy (non-hydrogen) atoms. The van der Waals surface area contributed by atoms with E-state index >= 15 is 0 Å². The number of sulfonamides is 1. The van der Waals surface area contributed by atoms with Crippen LogP contribution in [0.25, 0.3) is 0 Å². The zero-order valence-electron chi connectivity index (χ0n) is 30.5. The molecule has 0 aliphatic carbocycles. The van der Waals surface area contributed by atoms with Gasteiger partial charge in [-0.05, 0) is 44.4 Å². The molecule has 0 aromatic heterocycles. The lowest BCUT2D eigenvalue weighted by Crippen LogP contribution is -2.62. The molecule has 0 saturated carbocycles. The smallest absolute Gasteiger partial charge is 0.315 e. The van der Waals surface area contributed by atoms with Gasteiger partial charge in [-0.2, -0.15) is 0 Å². The fourth-order valence-electron chi connectivity index (χ4n) is 6.20. The SMILES string of the molecule is C=CCNC(=O)C(=O)[C@@H]1CCCCCCCO[C@@H](C)[C@H](NC(=O)N[C@H](CN(C)S(=O)(=O)CC)C(C)(C)C)C(=O)N2CC[C@H](CC)[C@H]2C(=O)N1. The average molecular weight is 713 g/mol. The van der Waals surface area contributed by atoms with E-state index in [-0.39, 0.29) is 37.7 Å². The van der Waals surface area contributed by atoms with Gasteiger partial charge in [0.05, 0.1) is 17.9 Å². The molecule has 0 bridgehead atoms. The van der Waals surface area contributed by atoms with Crippen molar-refractivity contribution in [3.05, 3.63) is 12.7 Å². The Hall–Kier alpha value is -3.04. The maximum absolute atomic E-state index is 14.3. The van der Waals surface area contributed by atoms with E-state index in [1.165, 1.54) is 22.3 Å². The molecule has 2 aliphatic heterocycles. The van der Waals surface area contributed by atoms with Gasteiger partial charge in [-0.1, -0.05) is 65.9 Å². The van der Waals surface area contributed by atoms with Gasteiger partial charge in [0.25, 0.3) is 5.91 Å². The predicted octanol–water partition coefficient (Wildman–Crippen LogP) is 2.09. The van der Waals surface area contributed by atoms with Crippen LogP contribution < -0.4 is 21.3 Å². The van der Waals surface area contributed by atoms with Gasteiger partial charge in [-0.3, -0.25) is 19.2 Å². The van der Waals surface area contributed by atoms with Crippen LogP contribution in [0.5, 0.6) is 0 Å². The van der Waals surface area contributed by atoms with Gasteiger partial charge in [0, 0.05) is 39.3 Å². The molecule has 2 fully saturated rings. The molecule has 2 heterocycles. The van der Waals surface area contributed by atoms with Gasteiger partial charge in [0.1, 0.15) is 12.1 Å². The van der Waals surface area contributed by atoms with Gasteiger partial charge in [0.15, 0.2) is 0 Å². The van der Waals surface area contributed by atoms with Crippen molar-refractivity contribution in [2.75, 3.05) is 39.0 Å². The van der Waals surface area contributed by atoms with Crippen LogP contribution in [0.2, 0.25) is 0 Å². The van der Waals surface area contributed by atoms with Crippen LogP contribution in [0.4, 0.5) is 4.79 Å². The van der Waals surface area contributed by atoms with Crippen LogP contribution in [0.3, 0.4) is 0 Å². The third kappa shape index (κ3) is 12.4. The number of nitrogens with zero attached hydrogens (tertiary/aromatic N) is 2. The number of Topliss-reactive ketones (excluding diaryl/α,β-unsaturated/α-hetero) is 1. The van der Waals surface area contributed by atoms with E-state index < -0.39 is 75.2 Å². The van der Waals surface area contributed by atoms with Crippen molar-refractivity contribution in [1.82, 2.24) is 30.5 Å². The number of urea groups is 1. The Balaban J connectivity index is 2.41. The van der Waals surface area contributed by atoms with Gasteiger partial charge < -0.3 is 30.9 Å². The standard InChI is InChI=1S/C34H60N6O8S/c1-9-19-35-31(43)29(41)25-17-15-13-12-14-16-21-48-23(4)27(32(44)40-20-18-24(10-2)28(40)30(42)36-25)38-33(45)37-26(34(5,6)7)22-39(8)49(46,47)11-3/h9,23-28H,1,10-22H2,2-8H3,(H,35,43)(H,36,42)(H2,37,38,45)/t23-,24-,25-,26+,27-,28-/m0/s1. The molecule has 15 heteroatoms. The first kappa shape index (κ1) is 42.1. The van der Waals surface area contributed by atoms with Crippen molar-refractivity contribution in [3.63, 3.8) is 0 Å². The molecule has 2 rings (SSSR count). The van der Waals surface area contributed by atoms with Gasteiger partial charge in [-0.15, -0.1) is 6.58 Å². The quantitative estimate of drug-likeness (QED) is 0.186. The summed E-state index contributed by atoms with van der Waals surface area (Å²) in [5, 5.41) is 11.0. The topological polar surface area (TPSA) is 183 Å². The summed E-state index contributed by atoms with van der Waals surface area (Å²) in [6.45, 7) is 15.1. The fraction of sp³-hybridized carbons (Fsp3) is 0.794. The van der Waals surface area contributed by atoms with Crippen molar-refractivity contribution in [1.29, 1.82) is 0 Å². The van der Waals surface area contributed by atoms with E-state index in [0.29, 0.717) is 25.9 Å². The Bertz CT molecular complexity index is 1270. The lowest BCUT2D eigenvalue weighted by atomic mass is 9.87. The molecule has 2 saturated heterocycles. The van der Waals surface area contributed by atoms with Crippen LogP contribution in [0, 0.1) is 11.3 Å². The molecule has 2 aliphatic rings. The lowest BCUT2D eigenvalue weighted by molar-refractivity contribution is -0.145. The van der Waals surface area contributed by atoms with Crippen LogP contribution in [-0.2, 0) is 33.9 Å². The molecule has 0 unspecified atom stereocenters. The zero-order valence-corrected chi connectivity index (χ0v) is 31.3. The highest BCUT2D eigenvalue weighted by atomic mass is 32.2.